The Hall–Kier alpha value is -2.65. The highest BCUT2D eigenvalue weighted by molar-refractivity contribution is 7.92. The van der Waals surface area contributed by atoms with E-state index in [2.05, 4.69) is 5.32 Å². The molecule has 1 fully saturated rings. The van der Waals surface area contributed by atoms with Gasteiger partial charge < -0.3 is 10.2 Å². The SMILES string of the molecule is CC[C@@H](C(=O)NC1CCCC1)N(Cc1ccc(F)cc1)C(=O)CCCN(c1ccc(Cl)cc1)S(C)(=O)=O. The van der Waals surface area contributed by atoms with Gasteiger partial charge in [0, 0.05) is 30.6 Å². The molecule has 2 aromatic rings. The smallest absolute Gasteiger partial charge is 0.243 e. The van der Waals surface area contributed by atoms with Crippen molar-refractivity contribution in [3.63, 3.8) is 0 Å². The van der Waals surface area contributed by atoms with E-state index < -0.39 is 16.1 Å². The molecule has 1 aliphatic rings. The third-order valence-corrected chi connectivity index (χ3v) is 8.07. The minimum absolute atomic E-state index is 0.0496. The third-order valence-electron chi connectivity index (χ3n) is 6.62. The van der Waals surface area contributed by atoms with Gasteiger partial charge >= 0.3 is 0 Å². The van der Waals surface area contributed by atoms with Crippen LogP contribution in [0, 0.1) is 5.82 Å². The standard InChI is InChI=1S/C27H35ClFN3O4S/c1-3-25(27(34)30-23-7-4-5-8-23)31(19-20-10-14-22(29)15-11-20)26(33)9-6-18-32(37(2,35)36)24-16-12-21(28)13-17-24/h10-17,23,25H,3-9,18-19H2,1-2H3,(H,30,34)/t25-/m0/s1. The summed E-state index contributed by atoms with van der Waals surface area (Å²) in [6, 6.07) is 11.7. The molecule has 7 nitrogen and oxygen atoms in total. The van der Waals surface area contributed by atoms with Gasteiger partial charge in [0.25, 0.3) is 0 Å². The minimum atomic E-state index is -3.58. The molecular weight excluding hydrogens is 517 g/mol. The molecule has 0 saturated heterocycles. The molecule has 0 bridgehead atoms. The summed E-state index contributed by atoms with van der Waals surface area (Å²) in [7, 11) is -3.58. The van der Waals surface area contributed by atoms with E-state index in [-0.39, 0.29) is 49.6 Å². The molecule has 2 aromatic carbocycles. The maximum absolute atomic E-state index is 13.5. The van der Waals surface area contributed by atoms with Crippen LogP contribution in [0.15, 0.2) is 48.5 Å². The fourth-order valence-corrected chi connectivity index (χ4v) is 5.78. The number of carbonyl (C=O) groups is 2. The maximum atomic E-state index is 13.5. The summed E-state index contributed by atoms with van der Waals surface area (Å²) >= 11 is 5.94. The first-order chi connectivity index (χ1) is 17.6. The van der Waals surface area contributed by atoms with Crippen molar-refractivity contribution < 1.29 is 22.4 Å². The molecule has 0 unspecified atom stereocenters. The number of anilines is 1. The van der Waals surface area contributed by atoms with Crippen LogP contribution in [0.4, 0.5) is 10.1 Å². The highest BCUT2D eigenvalue weighted by Crippen LogP contribution is 2.22. The normalized spacial score (nSPS) is 14.8. The van der Waals surface area contributed by atoms with Crippen molar-refractivity contribution >= 4 is 39.1 Å². The van der Waals surface area contributed by atoms with E-state index in [9.17, 15) is 22.4 Å². The summed E-state index contributed by atoms with van der Waals surface area (Å²) < 4.78 is 39.5. The van der Waals surface area contributed by atoms with E-state index in [1.54, 1.807) is 36.4 Å². The highest BCUT2D eigenvalue weighted by atomic mass is 35.5. The van der Waals surface area contributed by atoms with Crippen molar-refractivity contribution in [2.75, 3.05) is 17.1 Å². The average molecular weight is 552 g/mol. The van der Waals surface area contributed by atoms with Gasteiger partial charge in [-0.05, 0) is 67.6 Å². The second-order valence-corrected chi connectivity index (χ2v) is 11.8. The summed E-state index contributed by atoms with van der Waals surface area (Å²) in [5.41, 5.74) is 1.17. The Morgan fingerprint density at radius 3 is 2.27 bits per heavy atom. The number of amides is 2. The number of rotatable bonds is 12. The van der Waals surface area contributed by atoms with Gasteiger partial charge in [-0.15, -0.1) is 0 Å². The van der Waals surface area contributed by atoms with Crippen molar-refractivity contribution in [1.82, 2.24) is 10.2 Å². The summed E-state index contributed by atoms with van der Waals surface area (Å²) in [5, 5.41) is 3.58. The van der Waals surface area contributed by atoms with Gasteiger partial charge in [-0.2, -0.15) is 0 Å². The molecule has 3 rings (SSSR count). The van der Waals surface area contributed by atoms with Gasteiger partial charge in [-0.25, -0.2) is 12.8 Å². The molecule has 1 saturated carbocycles. The number of hydrogen-bond acceptors (Lipinski definition) is 4. The minimum Gasteiger partial charge on any atom is -0.352 e. The van der Waals surface area contributed by atoms with Crippen molar-refractivity contribution in [2.45, 2.75) is 70.5 Å². The van der Waals surface area contributed by atoms with E-state index in [0.717, 1.165) is 31.9 Å². The molecule has 1 aliphatic carbocycles. The Morgan fingerprint density at radius 1 is 1.08 bits per heavy atom. The van der Waals surface area contributed by atoms with Crippen LogP contribution in [0.25, 0.3) is 0 Å². The molecule has 1 N–H and O–H groups in total. The van der Waals surface area contributed by atoms with Gasteiger partial charge in [0.2, 0.25) is 21.8 Å². The predicted octanol–water partition coefficient (Wildman–Crippen LogP) is 4.89. The van der Waals surface area contributed by atoms with E-state index >= 15 is 0 Å². The number of sulfonamides is 1. The number of nitrogens with one attached hydrogen (secondary N) is 1. The molecule has 2 amide bonds. The van der Waals surface area contributed by atoms with Crippen LogP contribution in [0.2, 0.25) is 5.02 Å². The lowest BCUT2D eigenvalue weighted by Gasteiger charge is -2.32. The lowest BCUT2D eigenvalue weighted by molar-refractivity contribution is -0.141. The van der Waals surface area contributed by atoms with E-state index in [4.69, 9.17) is 11.6 Å². The van der Waals surface area contributed by atoms with Crippen molar-refractivity contribution in [2.24, 2.45) is 0 Å². The fraction of sp³-hybridized carbons (Fsp3) is 0.481. The van der Waals surface area contributed by atoms with Crippen LogP contribution in [0.5, 0.6) is 0 Å². The van der Waals surface area contributed by atoms with Crippen LogP contribution < -0.4 is 9.62 Å². The zero-order valence-electron chi connectivity index (χ0n) is 21.3. The van der Waals surface area contributed by atoms with E-state index in [1.807, 2.05) is 6.92 Å². The first-order valence-electron chi connectivity index (χ1n) is 12.7. The van der Waals surface area contributed by atoms with Crippen LogP contribution in [-0.4, -0.2) is 50.0 Å². The Bertz CT molecular complexity index is 1150. The molecule has 37 heavy (non-hydrogen) atoms. The largest absolute Gasteiger partial charge is 0.352 e. The molecule has 202 valence electrons. The molecule has 0 spiro atoms. The molecule has 0 aliphatic heterocycles. The first-order valence-corrected chi connectivity index (χ1v) is 14.9. The number of hydrogen-bond donors (Lipinski definition) is 1. The molecular formula is C27H35ClFN3O4S. The van der Waals surface area contributed by atoms with Gasteiger partial charge in [-0.1, -0.05) is 43.5 Å². The third kappa shape index (κ3) is 8.43. The Balaban J connectivity index is 1.74. The second-order valence-electron chi connectivity index (χ2n) is 9.48. The van der Waals surface area contributed by atoms with Crippen LogP contribution in [0.3, 0.4) is 0 Å². The van der Waals surface area contributed by atoms with E-state index in [0.29, 0.717) is 22.7 Å². The van der Waals surface area contributed by atoms with Crippen LogP contribution >= 0.6 is 11.6 Å². The highest BCUT2D eigenvalue weighted by Gasteiger charge is 2.30. The zero-order chi connectivity index (χ0) is 27.0. The molecule has 0 heterocycles. The van der Waals surface area contributed by atoms with Gasteiger partial charge in [0.05, 0.1) is 11.9 Å². The average Bonchev–Trinajstić information content (AvgIpc) is 3.36. The fourth-order valence-electron chi connectivity index (χ4n) is 4.68. The number of nitrogens with zero attached hydrogens (tertiary/aromatic N) is 2. The monoisotopic (exact) mass is 551 g/mol. The second kappa shape index (κ2) is 13.2. The Morgan fingerprint density at radius 2 is 1.70 bits per heavy atom. The Labute approximate surface area is 224 Å². The number of benzene rings is 2. The predicted molar refractivity (Wildman–Crippen MR) is 144 cm³/mol. The lowest BCUT2D eigenvalue weighted by Crippen LogP contribution is -2.51. The van der Waals surface area contributed by atoms with Gasteiger partial charge in [0.15, 0.2) is 0 Å². The summed E-state index contributed by atoms with van der Waals surface area (Å²) in [5.74, 6) is -0.832. The summed E-state index contributed by atoms with van der Waals surface area (Å²) in [6.45, 7) is 2.11. The molecule has 10 heteroatoms. The molecule has 0 aromatic heterocycles. The molecule has 1 atom stereocenters. The number of halogens is 2. The van der Waals surface area contributed by atoms with Gasteiger partial charge in [-0.3, -0.25) is 13.9 Å². The van der Waals surface area contributed by atoms with Crippen molar-refractivity contribution in [3.05, 3.63) is 64.9 Å². The van der Waals surface area contributed by atoms with Crippen LogP contribution in [0.1, 0.15) is 57.4 Å². The van der Waals surface area contributed by atoms with Crippen molar-refractivity contribution in [1.29, 1.82) is 0 Å². The first kappa shape index (κ1) is 28.9. The topological polar surface area (TPSA) is 86.8 Å². The Kier molecular flexibility index (Phi) is 10.3. The quantitative estimate of drug-likeness (QED) is 0.407. The maximum Gasteiger partial charge on any atom is 0.243 e. The zero-order valence-corrected chi connectivity index (χ0v) is 22.9. The van der Waals surface area contributed by atoms with E-state index in [1.165, 1.54) is 21.3 Å². The van der Waals surface area contributed by atoms with Gasteiger partial charge in [0.1, 0.15) is 11.9 Å². The van der Waals surface area contributed by atoms with Crippen LogP contribution in [-0.2, 0) is 26.2 Å². The summed E-state index contributed by atoms with van der Waals surface area (Å²) in [4.78, 5) is 28.2. The molecule has 0 radical (unpaired) electrons. The van der Waals surface area contributed by atoms with Crippen molar-refractivity contribution in [3.8, 4) is 0 Å². The summed E-state index contributed by atoms with van der Waals surface area (Å²) in [6.07, 6.45) is 5.86. The number of carbonyl (C=O) groups excluding carboxylic acids is 2. The lowest BCUT2D eigenvalue weighted by atomic mass is 10.1.